The van der Waals surface area contributed by atoms with Gasteiger partial charge >= 0.3 is 6.03 Å². The van der Waals surface area contributed by atoms with Crippen LogP contribution in [0.25, 0.3) is 0 Å². The monoisotopic (exact) mass is 430 g/mol. The predicted octanol–water partition coefficient (Wildman–Crippen LogP) is 5.40. The van der Waals surface area contributed by atoms with Gasteiger partial charge in [-0.25, -0.2) is 4.79 Å². The summed E-state index contributed by atoms with van der Waals surface area (Å²) in [6.45, 7) is 8.22. The van der Waals surface area contributed by atoms with Crippen molar-refractivity contribution in [2.75, 3.05) is 42.9 Å². The zero-order valence-electron chi connectivity index (χ0n) is 19.6. The molecule has 1 aliphatic rings. The molecular formula is C25H42N4O2. The lowest BCUT2D eigenvalue weighted by molar-refractivity contribution is -0.116. The van der Waals surface area contributed by atoms with Crippen LogP contribution in [-0.2, 0) is 4.79 Å². The molecule has 0 saturated carbocycles. The summed E-state index contributed by atoms with van der Waals surface area (Å²) in [7, 11) is 0. The maximum absolute atomic E-state index is 12.2. The molecule has 2 N–H and O–H groups in total. The minimum absolute atomic E-state index is 0.0483. The van der Waals surface area contributed by atoms with E-state index in [2.05, 4.69) is 41.5 Å². The molecule has 0 aromatic heterocycles. The molecule has 2 rings (SSSR count). The van der Waals surface area contributed by atoms with Gasteiger partial charge in [-0.3, -0.25) is 4.79 Å². The summed E-state index contributed by atoms with van der Waals surface area (Å²) in [5.74, 6) is 0.101. The number of anilines is 2. The van der Waals surface area contributed by atoms with Crippen molar-refractivity contribution < 1.29 is 9.59 Å². The van der Waals surface area contributed by atoms with Gasteiger partial charge in [0, 0.05) is 50.5 Å². The molecule has 0 spiro atoms. The summed E-state index contributed by atoms with van der Waals surface area (Å²) < 4.78 is 0. The van der Waals surface area contributed by atoms with Crippen LogP contribution in [0.3, 0.4) is 0 Å². The van der Waals surface area contributed by atoms with Gasteiger partial charge in [0.1, 0.15) is 0 Å². The number of hydrogen-bond donors (Lipinski definition) is 2. The second kappa shape index (κ2) is 14.7. The Morgan fingerprint density at radius 2 is 1.42 bits per heavy atom. The lowest BCUT2D eigenvalue weighted by atomic mass is 10.1. The number of unbranched alkanes of at least 4 members (excludes halogenated alkanes) is 7. The standard InChI is InChI=1S/C25H42N4O2/c1-3-5-7-8-9-10-11-12-24(30)27-22-13-15-23(16-14-22)28-18-20-29(21-19-28)25(31)26-17-6-4-2/h13-16H,3-12,17-21H2,1-2H3,(H,26,31)(H,27,30). The summed E-state index contributed by atoms with van der Waals surface area (Å²) in [5, 5.41) is 6.00. The molecule has 174 valence electrons. The van der Waals surface area contributed by atoms with Crippen LogP contribution in [0, 0.1) is 0 Å². The highest BCUT2D eigenvalue weighted by Gasteiger charge is 2.20. The highest BCUT2D eigenvalue weighted by molar-refractivity contribution is 5.90. The fraction of sp³-hybridized carbons (Fsp3) is 0.680. The number of amides is 3. The molecule has 0 radical (unpaired) electrons. The number of nitrogens with one attached hydrogen (secondary N) is 2. The largest absolute Gasteiger partial charge is 0.368 e. The zero-order chi connectivity index (χ0) is 22.3. The molecular weight excluding hydrogens is 388 g/mol. The molecule has 0 unspecified atom stereocenters. The summed E-state index contributed by atoms with van der Waals surface area (Å²) in [6, 6.07) is 8.11. The first-order valence-electron chi connectivity index (χ1n) is 12.3. The zero-order valence-corrected chi connectivity index (χ0v) is 19.6. The highest BCUT2D eigenvalue weighted by atomic mass is 16.2. The third kappa shape index (κ3) is 9.62. The first-order valence-corrected chi connectivity index (χ1v) is 12.3. The van der Waals surface area contributed by atoms with E-state index in [9.17, 15) is 9.59 Å². The number of benzene rings is 1. The average Bonchev–Trinajstić information content (AvgIpc) is 2.79. The van der Waals surface area contributed by atoms with Crippen LogP contribution >= 0.6 is 0 Å². The van der Waals surface area contributed by atoms with Crippen molar-refractivity contribution in [1.82, 2.24) is 10.2 Å². The summed E-state index contributed by atoms with van der Waals surface area (Å²) in [4.78, 5) is 28.5. The van der Waals surface area contributed by atoms with Crippen molar-refractivity contribution in [3.8, 4) is 0 Å². The van der Waals surface area contributed by atoms with E-state index in [1.165, 1.54) is 32.1 Å². The Balaban J connectivity index is 1.65. The van der Waals surface area contributed by atoms with E-state index >= 15 is 0 Å². The van der Waals surface area contributed by atoms with Crippen LogP contribution in [-0.4, -0.2) is 49.6 Å². The Hall–Kier alpha value is -2.24. The fourth-order valence-corrected chi connectivity index (χ4v) is 3.87. The van der Waals surface area contributed by atoms with Crippen LogP contribution in [0.1, 0.15) is 78.1 Å². The normalized spacial score (nSPS) is 13.9. The van der Waals surface area contributed by atoms with Gasteiger partial charge < -0.3 is 20.4 Å². The minimum atomic E-state index is 0.0483. The van der Waals surface area contributed by atoms with E-state index in [1.54, 1.807) is 0 Å². The Bertz CT molecular complexity index is 639. The maximum atomic E-state index is 12.2. The van der Waals surface area contributed by atoms with Crippen molar-refractivity contribution >= 4 is 23.3 Å². The summed E-state index contributed by atoms with van der Waals surface area (Å²) in [5.41, 5.74) is 1.99. The second-order valence-corrected chi connectivity index (χ2v) is 8.53. The molecule has 6 heteroatoms. The van der Waals surface area contributed by atoms with Gasteiger partial charge in [-0.15, -0.1) is 0 Å². The van der Waals surface area contributed by atoms with Crippen molar-refractivity contribution in [3.05, 3.63) is 24.3 Å². The molecule has 0 aliphatic carbocycles. The SMILES string of the molecule is CCCCCCCCCC(=O)Nc1ccc(N2CCN(C(=O)NCCCC)CC2)cc1. The number of nitrogens with zero attached hydrogens (tertiary/aromatic N) is 2. The molecule has 31 heavy (non-hydrogen) atoms. The molecule has 0 atom stereocenters. The number of piperazine rings is 1. The van der Waals surface area contributed by atoms with E-state index in [4.69, 9.17) is 0 Å². The first-order chi connectivity index (χ1) is 15.1. The van der Waals surface area contributed by atoms with E-state index in [0.29, 0.717) is 6.42 Å². The van der Waals surface area contributed by atoms with E-state index in [1.807, 2.05) is 17.0 Å². The summed E-state index contributed by atoms with van der Waals surface area (Å²) >= 11 is 0. The molecule has 0 bridgehead atoms. The second-order valence-electron chi connectivity index (χ2n) is 8.53. The number of hydrogen-bond acceptors (Lipinski definition) is 3. The first kappa shape index (κ1) is 25.0. The molecule has 1 aromatic carbocycles. The van der Waals surface area contributed by atoms with Crippen LogP contribution in [0.2, 0.25) is 0 Å². The highest BCUT2D eigenvalue weighted by Crippen LogP contribution is 2.20. The van der Waals surface area contributed by atoms with Crippen LogP contribution in [0.5, 0.6) is 0 Å². The lowest BCUT2D eigenvalue weighted by Crippen LogP contribution is -2.52. The Morgan fingerprint density at radius 1 is 0.806 bits per heavy atom. The van der Waals surface area contributed by atoms with Gasteiger partial charge in [-0.05, 0) is 37.1 Å². The van der Waals surface area contributed by atoms with Crippen LogP contribution in [0.15, 0.2) is 24.3 Å². The predicted molar refractivity (Wildman–Crippen MR) is 130 cm³/mol. The van der Waals surface area contributed by atoms with Crippen molar-refractivity contribution in [2.24, 2.45) is 0 Å². The third-order valence-corrected chi connectivity index (χ3v) is 5.90. The van der Waals surface area contributed by atoms with Crippen LogP contribution in [0.4, 0.5) is 16.2 Å². The molecule has 1 aromatic rings. The topological polar surface area (TPSA) is 64.7 Å². The number of carbonyl (C=O) groups excluding carboxylic acids is 2. The van der Waals surface area contributed by atoms with Crippen LogP contribution < -0.4 is 15.5 Å². The summed E-state index contributed by atoms with van der Waals surface area (Å²) in [6.07, 6.45) is 11.2. The average molecular weight is 431 g/mol. The van der Waals surface area contributed by atoms with Gasteiger partial charge in [0.05, 0.1) is 0 Å². The van der Waals surface area contributed by atoms with Gasteiger partial charge in [0.15, 0.2) is 0 Å². The third-order valence-electron chi connectivity index (χ3n) is 5.90. The molecule has 6 nitrogen and oxygen atoms in total. The molecule has 1 saturated heterocycles. The smallest absolute Gasteiger partial charge is 0.317 e. The molecule has 3 amide bonds. The molecule has 1 fully saturated rings. The van der Waals surface area contributed by atoms with Crippen molar-refractivity contribution in [1.29, 1.82) is 0 Å². The Morgan fingerprint density at radius 3 is 2.06 bits per heavy atom. The fourth-order valence-electron chi connectivity index (χ4n) is 3.87. The Kier molecular flexibility index (Phi) is 11.9. The van der Waals surface area contributed by atoms with Crippen molar-refractivity contribution in [2.45, 2.75) is 78.1 Å². The van der Waals surface area contributed by atoms with E-state index in [0.717, 1.165) is 69.8 Å². The lowest BCUT2D eigenvalue weighted by Gasteiger charge is -2.36. The van der Waals surface area contributed by atoms with Crippen molar-refractivity contribution in [3.63, 3.8) is 0 Å². The quantitative estimate of drug-likeness (QED) is 0.412. The number of urea groups is 1. The number of carbonyl (C=O) groups is 2. The van der Waals surface area contributed by atoms with E-state index in [-0.39, 0.29) is 11.9 Å². The minimum Gasteiger partial charge on any atom is -0.368 e. The maximum Gasteiger partial charge on any atom is 0.317 e. The Labute approximate surface area is 188 Å². The molecule has 1 heterocycles. The van der Waals surface area contributed by atoms with E-state index < -0.39 is 0 Å². The van der Waals surface area contributed by atoms with Gasteiger partial charge in [-0.2, -0.15) is 0 Å². The number of rotatable bonds is 13. The van der Waals surface area contributed by atoms with Gasteiger partial charge in [-0.1, -0.05) is 58.8 Å². The molecule has 1 aliphatic heterocycles. The van der Waals surface area contributed by atoms with Gasteiger partial charge in [0.2, 0.25) is 5.91 Å². The van der Waals surface area contributed by atoms with Gasteiger partial charge in [0.25, 0.3) is 0 Å².